The highest BCUT2D eigenvalue weighted by Gasteiger charge is 2.44. The van der Waals surface area contributed by atoms with Crippen LogP contribution in [-0.4, -0.2) is 57.7 Å². The smallest absolute Gasteiger partial charge is 0.260 e. The van der Waals surface area contributed by atoms with E-state index in [-0.39, 0.29) is 18.0 Å². The Balaban J connectivity index is 1.49. The van der Waals surface area contributed by atoms with Crippen molar-refractivity contribution in [1.29, 1.82) is 0 Å². The average molecular weight is 561 g/mol. The van der Waals surface area contributed by atoms with Gasteiger partial charge in [-0.05, 0) is 72.2 Å². The molecule has 0 saturated heterocycles. The van der Waals surface area contributed by atoms with Crippen LogP contribution in [0.3, 0.4) is 0 Å². The first-order valence-corrected chi connectivity index (χ1v) is 13.4. The summed E-state index contributed by atoms with van der Waals surface area (Å²) in [6, 6.07) is 2.25. The molecule has 2 aromatic heterocycles. The summed E-state index contributed by atoms with van der Waals surface area (Å²) >= 11 is 0. The van der Waals surface area contributed by atoms with E-state index >= 15 is 4.39 Å². The summed E-state index contributed by atoms with van der Waals surface area (Å²) in [6.45, 7) is 3.49. The monoisotopic (exact) mass is 560 g/mol. The van der Waals surface area contributed by atoms with E-state index in [0.29, 0.717) is 29.1 Å². The molecule has 2 atom stereocenters. The zero-order chi connectivity index (χ0) is 28.9. The van der Waals surface area contributed by atoms with Gasteiger partial charge in [0.05, 0.1) is 11.5 Å². The fourth-order valence-electron chi connectivity index (χ4n) is 5.34. The topological polar surface area (TPSA) is 92.1 Å². The maximum absolute atomic E-state index is 15.2. The van der Waals surface area contributed by atoms with Gasteiger partial charge in [0.25, 0.3) is 5.56 Å². The highest BCUT2D eigenvalue weighted by atomic mass is 19.2. The van der Waals surface area contributed by atoms with Gasteiger partial charge in [-0.3, -0.25) is 14.2 Å². The van der Waals surface area contributed by atoms with Gasteiger partial charge in [0.15, 0.2) is 17.5 Å². The van der Waals surface area contributed by atoms with E-state index in [0.717, 1.165) is 25.7 Å². The van der Waals surface area contributed by atoms with E-state index in [4.69, 9.17) is 0 Å². The van der Waals surface area contributed by atoms with Gasteiger partial charge in [-0.15, -0.1) is 0 Å². The van der Waals surface area contributed by atoms with Gasteiger partial charge in [-0.25, -0.2) is 22.5 Å². The van der Waals surface area contributed by atoms with Crippen molar-refractivity contribution in [2.75, 3.05) is 24.7 Å². The summed E-state index contributed by atoms with van der Waals surface area (Å²) < 4.78 is 59.6. The van der Waals surface area contributed by atoms with E-state index in [1.807, 2.05) is 5.32 Å². The first-order valence-electron chi connectivity index (χ1n) is 13.4. The zero-order valence-corrected chi connectivity index (χ0v) is 22.8. The molecule has 0 bridgehead atoms. The number of fused-ring (bicyclic) bond motifs is 1. The van der Waals surface area contributed by atoms with Gasteiger partial charge in [0, 0.05) is 35.3 Å². The van der Waals surface area contributed by atoms with Crippen LogP contribution >= 0.6 is 0 Å². The largest absolute Gasteiger partial charge is 0.351 e. The average Bonchev–Trinajstić information content (AvgIpc) is 3.65. The molecule has 0 spiro atoms. The van der Waals surface area contributed by atoms with Crippen LogP contribution in [0, 0.1) is 23.4 Å². The fraction of sp³-hybridized carbons (Fsp3) is 0.500. The van der Waals surface area contributed by atoms with E-state index in [9.17, 15) is 22.8 Å². The minimum absolute atomic E-state index is 0.0572. The molecular formula is C28H32F4N6O2. The van der Waals surface area contributed by atoms with Crippen LogP contribution in [0.15, 0.2) is 23.1 Å². The number of carbonyl (C=O) groups excluding carboxylic acids is 1. The van der Waals surface area contributed by atoms with Crippen LogP contribution in [0.4, 0.5) is 29.2 Å². The standard InChI is InChI=1S/C28H32F4N6O2/c1-13(2)38-25-14(12-33-28(36-25)34-15-5-7-16(8-6-15)37(3)4)9-18(27(38)40)17-10-21(30)24(23(32)22(17)31)35-26(39)19-11-20(19)29/h9-10,12-13,15-16,19-20H,5-8,11H2,1-4H3,(H,35,39)(H,33,34,36)/t15-,16-,19-,20+/m0/s1. The third-order valence-corrected chi connectivity index (χ3v) is 7.80. The second-order valence-corrected chi connectivity index (χ2v) is 11.2. The van der Waals surface area contributed by atoms with Crippen molar-refractivity contribution < 1.29 is 22.4 Å². The van der Waals surface area contributed by atoms with Crippen molar-refractivity contribution in [2.24, 2.45) is 5.92 Å². The number of hydrogen-bond acceptors (Lipinski definition) is 6. The molecule has 1 aromatic carbocycles. The Morgan fingerprint density at radius 2 is 1.75 bits per heavy atom. The molecule has 2 N–H and O–H groups in total. The Morgan fingerprint density at radius 3 is 2.35 bits per heavy atom. The number of benzene rings is 1. The predicted molar refractivity (Wildman–Crippen MR) is 144 cm³/mol. The van der Waals surface area contributed by atoms with Gasteiger partial charge in [0.1, 0.15) is 17.5 Å². The van der Waals surface area contributed by atoms with Gasteiger partial charge < -0.3 is 15.5 Å². The predicted octanol–water partition coefficient (Wildman–Crippen LogP) is 5.04. The summed E-state index contributed by atoms with van der Waals surface area (Å²) in [5.74, 6) is -6.06. The first kappa shape index (κ1) is 28.0. The second kappa shape index (κ2) is 10.8. The molecule has 214 valence electrons. The van der Waals surface area contributed by atoms with E-state index < -0.39 is 58.3 Å². The molecule has 2 aliphatic rings. The molecular weight excluding hydrogens is 528 g/mol. The quantitative estimate of drug-likeness (QED) is 0.311. The number of nitrogens with one attached hydrogen (secondary N) is 2. The van der Waals surface area contributed by atoms with Gasteiger partial charge in [0.2, 0.25) is 11.9 Å². The van der Waals surface area contributed by atoms with E-state index in [1.165, 1.54) is 16.8 Å². The Kier molecular flexibility index (Phi) is 7.56. The van der Waals surface area contributed by atoms with Crippen LogP contribution in [-0.2, 0) is 4.79 Å². The molecule has 40 heavy (non-hydrogen) atoms. The number of aromatic nitrogens is 3. The van der Waals surface area contributed by atoms with Gasteiger partial charge in [-0.1, -0.05) is 0 Å². The van der Waals surface area contributed by atoms with Crippen LogP contribution in [0.2, 0.25) is 0 Å². The maximum atomic E-state index is 15.2. The number of nitrogens with zero attached hydrogens (tertiary/aromatic N) is 4. The lowest BCUT2D eigenvalue weighted by Crippen LogP contribution is -2.36. The minimum atomic E-state index is -1.67. The van der Waals surface area contributed by atoms with Crippen LogP contribution in [0.5, 0.6) is 0 Å². The lowest BCUT2D eigenvalue weighted by molar-refractivity contribution is -0.117. The summed E-state index contributed by atoms with van der Waals surface area (Å²) in [4.78, 5) is 36.7. The van der Waals surface area contributed by atoms with E-state index in [1.54, 1.807) is 13.8 Å². The zero-order valence-electron chi connectivity index (χ0n) is 22.8. The van der Waals surface area contributed by atoms with Gasteiger partial charge in [-0.2, -0.15) is 4.98 Å². The van der Waals surface area contributed by atoms with Crippen molar-refractivity contribution in [3.8, 4) is 11.1 Å². The minimum Gasteiger partial charge on any atom is -0.351 e. The summed E-state index contributed by atoms with van der Waals surface area (Å²) in [5, 5.41) is 5.66. The number of rotatable bonds is 7. The molecule has 3 aromatic rings. The van der Waals surface area contributed by atoms with Gasteiger partial charge >= 0.3 is 0 Å². The van der Waals surface area contributed by atoms with Crippen molar-refractivity contribution in [3.63, 3.8) is 0 Å². The Hall–Kier alpha value is -3.54. The number of amides is 1. The van der Waals surface area contributed by atoms with Crippen molar-refractivity contribution in [2.45, 2.75) is 70.2 Å². The van der Waals surface area contributed by atoms with E-state index in [2.05, 4.69) is 34.3 Å². The molecule has 2 heterocycles. The molecule has 0 radical (unpaired) electrons. The first-order chi connectivity index (χ1) is 19.0. The maximum Gasteiger partial charge on any atom is 0.260 e. The molecule has 5 rings (SSSR count). The third-order valence-electron chi connectivity index (χ3n) is 7.80. The molecule has 2 aliphatic carbocycles. The Bertz CT molecular complexity index is 1520. The molecule has 0 aliphatic heterocycles. The highest BCUT2D eigenvalue weighted by molar-refractivity contribution is 5.95. The fourth-order valence-corrected chi connectivity index (χ4v) is 5.34. The summed E-state index contributed by atoms with van der Waals surface area (Å²) in [7, 11) is 4.14. The lowest BCUT2D eigenvalue weighted by Gasteiger charge is -2.33. The molecule has 0 unspecified atom stereocenters. The SMILES string of the molecule is CC(C)n1c(=O)c(-c2cc(F)c(NC(=O)[C@H]3C[C@H]3F)c(F)c2F)cc2cnc(N[C@H]3CC[C@H](N(C)C)CC3)nc21. The van der Waals surface area contributed by atoms with Crippen molar-refractivity contribution in [1.82, 2.24) is 19.4 Å². The number of halogens is 4. The number of hydrogen-bond donors (Lipinski definition) is 2. The second-order valence-electron chi connectivity index (χ2n) is 11.2. The van der Waals surface area contributed by atoms with Crippen LogP contribution in [0.25, 0.3) is 22.2 Å². The number of anilines is 2. The summed E-state index contributed by atoms with van der Waals surface area (Å²) in [5.41, 5.74) is -2.30. The molecule has 1 amide bonds. The summed E-state index contributed by atoms with van der Waals surface area (Å²) in [6.07, 6.45) is 4.01. The number of alkyl halides is 1. The van der Waals surface area contributed by atoms with Crippen LogP contribution < -0.4 is 16.2 Å². The molecule has 8 nitrogen and oxygen atoms in total. The number of pyridine rings is 1. The third kappa shape index (κ3) is 5.28. The number of carbonyl (C=O) groups is 1. The highest BCUT2D eigenvalue weighted by Crippen LogP contribution is 2.37. The van der Waals surface area contributed by atoms with Crippen molar-refractivity contribution in [3.05, 3.63) is 46.1 Å². The molecule has 2 saturated carbocycles. The van der Waals surface area contributed by atoms with Crippen molar-refractivity contribution >= 4 is 28.6 Å². The Morgan fingerprint density at radius 1 is 1.07 bits per heavy atom. The Labute approximate surface area is 228 Å². The molecule has 2 fully saturated rings. The molecule has 12 heteroatoms. The lowest BCUT2D eigenvalue weighted by atomic mass is 9.91. The van der Waals surface area contributed by atoms with Crippen LogP contribution in [0.1, 0.15) is 52.0 Å². The normalized spacial score (nSPS) is 22.6.